The molecule has 1 fully saturated rings. The molecule has 0 saturated heterocycles. The second kappa shape index (κ2) is 3.81. The van der Waals surface area contributed by atoms with E-state index in [0.717, 1.165) is 15.7 Å². The quantitative estimate of drug-likeness (QED) is 0.818. The van der Waals surface area contributed by atoms with Crippen LogP contribution in [0.2, 0.25) is 0 Å². The number of aromatic nitrogens is 3. The molecular weight excluding hydrogens is 232 g/mol. The van der Waals surface area contributed by atoms with E-state index in [4.69, 9.17) is 0 Å². The predicted octanol–water partition coefficient (Wildman–Crippen LogP) is 3.05. The van der Waals surface area contributed by atoms with E-state index >= 15 is 0 Å². The maximum Gasteiger partial charge on any atom is 0.213 e. The van der Waals surface area contributed by atoms with Gasteiger partial charge in [0.25, 0.3) is 0 Å². The van der Waals surface area contributed by atoms with Crippen molar-refractivity contribution in [2.75, 3.05) is 0 Å². The van der Waals surface area contributed by atoms with Crippen LogP contribution in [0.4, 0.5) is 0 Å². The Morgan fingerprint density at radius 2 is 2.24 bits per heavy atom. The van der Waals surface area contributed by atoms with Crippen molar-refractivity contribution < 1.29 is 0 Å². The number of nitrogens with zero attached hydrogens (tertiary/aromatic N) is 4. The van der Waals surface area contributed by atoms with Gasteiger partial charge in [-0.3, -0.25) is 0 Å². The van der Waals surface area contributed by atoms with Gasteiger partial charge in [0.1, 0.15) is 11.1 Å². The van der Waals surface area contributed by atoms with Gasteiger partial charge >= 0.3 is 0 Å². The van der Waals surface area contributed by atoms with E-state index in [0.29, 0.717) is 11.6 Å². The van der Waals surface area contributed by atoms with Crippen molar-refractivity contribution in [3.8, 4) is 6.07 Å². The Labute approximate surface area is 104 Å². The molecule has 0 spiro atoms. The van der Waals surface area contributed by atoms with E-state index in [2.05, 4.69) is 30.0 Å². The molecule has 0 aromatic carbocycles. The zero-order chi connectivity index (χ0) is 12.0. The average molecular weight is 246 g/mol. The molecule has 1 aliphatic carbocycles. The Bertz CT molecular complexity index is 598. The van der Waals surface area contributed by atoms with Crippen LogP contribution in [-0.2, 0) is 0 Å². The zero-order valence-electron chi connectivity index (χ0n) is 9.97. The van der Waals surface area contributed by atoms with E-state index in [9.17, 15) is 5.26 Å². The molecule has 3 rings (SSSR count). The second-order valence-electron chi connectivity index (χ2n) is 4.87. The fourth-order valence-corrected chi connectivity index (χ4v) is 3.18. The van der Waals surface area contributed by atoms with Crippen LogP contribution in [0, 0.1) is 11.3 Å². The van der Waals surface area contributed by atoms with Gasteiger partial charge in [0, 0.05) is 5.92 Å². The van der Waals surface area contributed by atoms with Gasteiger partial charge < -0.3 is 0 Å². The smallest absolute Gasteiger partial charge is 0.213 e. The Morgan fingerprint density at radius 3 is 2.76 bits per heavy atom. The minimum absolute atomic E-state index is 0.269. The van der Waals surface area contributed by atoms with Crippen molar-refractivity contribution in [2.45, 2.75) is 44.9 Å². The lowest BCUT2D eigenvalue weighted by atomic mass is 9.86. The number of imidazole rings is 1. The van der Waals surface area contributed by atoms with Gasteiger partial charge in [-0.1, -0.05) is 31.6 Å². The van der Waals surface area contributed by atoms with Crippen LogP contribution in [0.1, 0.15) is 61.3 Å². The summed E-state index contributed by atoms with van der Waals surface area (Å²) in [7, 11) is 0. The predicted molar refractivity (Wildman–Crippen MR) is 66.3 cm³/mol. The first-order valence-electron chi connectivity index (χ1n) is 6.00. The van der Waals surface area contributed by atoms with E-state index in [-0.39, 0.29) is 5.92 Å². The highest BCUT2D eigenvalue weighted by Crippen LogP contribution is 2.38. The molecule has 88 valence electrons. The molecule has 0 atom stereocenters. The summed E-state index contributed by atoms with van der Waals surface area (Å²) in [5.74, 6) is 0.876. The second-order valence-corrected chi connectivity index (χ2v) is 5.86. The van der Waals surface area contributed by atoms with Crippen LogP contribution in [0.25, 0.3) is 4.96 Å². The van der Waals surface area contributed by atoms with Gasteiger partial charge in [0.05, 0.1) is 5.69 Å². The van der Waals surface area contributed by atoms with Crippen molar-refractivity contribution in [2.24, 2.45) is 0 Å². The molecule has 2 aromatic rings. The Morgan fingerprint density at radius 1 is 1.47 bits per heavy atom. The summed E-state index contributed by atoms with van der Waals surface area (Å²) < 4.78 is 1.73. The largest absolute Gasteiger partial charge is 0.221 e. The molecule has 17 heavy (non-hydrogen) atoms. The third kappa shape index (κ3) is 1.55. The van der Waals surface area contributed by atoms with E-state index in [1.807, 2.05) is 0 Å². The number of rotatable bonds is 2. The van der Waals surface area contributed by atoms with Crippen LogP contribution in [0.5, 0.6) is 0 Å². The Kier molecular flexibility index (Phi) is 2.40. The first kappa shape index (κ1) is 10.7. The maximum absolute atomic E-state index is 9.23. The first-order chi connectivity index (χ1) is 8.20. The topological polar surface area (TPSA) is 54.0 Å². The third-order valence-corrected chi connectivity index (χ3v) is 4.42. The number of hydrogen-bond donors (Lipinski definition) is 0. The highest BCUT2D eigenvalue weighted by molar-refractivity contribution is 7.16. The van der Waals surface area contributed by atoms with Gasteiger partial charge in [0.2, 0.25) is 4.96 Å². The lowest BCUT2D eigenvalue weighted by molar-refractivity contribution is 0.415. The van der Waals surface area contributed by atoms with Crippen LogP contribution < -0.4 is 0 Å². The fraction of sp³-hybridized carbons (Fsp3) is 0.583. The molecular formula is C12H14N4S. The molecule has 5 heteroatoms. The highest BCUT2D eigenvalue weighted by atomic mass is 32.1. The van der Waals surface area contributed by atoms with Crippen molar-refractivity contribution in [1.29, 1.82) is 5.26 Å². The van der Waals surface area contributed by atoms with Crippen LogP contribution in [-0.4, -0.2) is 14.6 Å². The van der Waals surface area contributed by atoms with Gasteiger partial charge in [-0.2, -0.15) is 14.9 Å². The lowest BCUT2D eigenvalue weighted by Gasteiger charge is -2.21. The number of nitriles is 1. The highest BCUT2D eigenvalue weighted by Gasteiger charge is 2.26. The molecule has 0 radical (unpaired) electrons. The molecule has 2 heterocycles. The molecule has 0 N–H and O–H groups in total. The average Bonchev–Trinajstić information content (AvgIpc) is 2.71. The monoisotopic (exact) mass is 246 g/mol. The van der Waals surface area contributed by atoms with Crippen molar-refractivity contribution in [3.63, 3.8) is 0 Å². The Balaban J connectivity index is 2.12. The van der Waals surface area contributed by atoms with Crippen LogP contribution >= 0.6 is 11.3 Å². The van der Waals surface area contributed by atoms with Gasteiger partial charge in [0.15, 0.2) is 5.69 Å². The molecule has 4 nitrogen and oxygen atoms in total. The lowest BCUT2D eigenvalue weighted by Crippen LogP contribution is -2.09. The van der Waals surface area contributed by atoms with Crippen molar-refractivity contribution >= 4 is 16.3 Å². The van der Waals surface area contributed by atoms with Gasteiger partial charge in [-0.15, -0.1) is 0 Å². The standard InChI is InChI=1S/C12H14N4S/c1-7(2)10-9(6-13)16-12(14-10)17-11(15-16)8-4-3-5-8/h7-8H,3-5H2,1-2H3. The Hall–Kier alpha value is -1.41. The van der Waals surface area contributed by atoms with E-state index < -0.39 is 0 Å². The van der Waals surface area contributed by atoms with Crippen LogP contribution in [0.3, 0.4) is 0 Å². The minimum Gasteiger partial charge on any atom is -0.221 e. The van der Waals surface area contributed by atoms with E-state index in [1.54, 1.807) is 15.9 Å². The molecule has 2 aromatic heterocycles. The van der Waals surface area contributed by atoms with Gasteiger partial charge in [-0.05, 0) is 18.8 Å². The van der Waals surface area contributed by atoms with E-state index in [1.165, 1.54) is 19.3 Å². The van der Waals surface area contributed by atoms with Crippen LogP contribution in [0.15, 0.2) is 0 Å². The summed E-state index contributed by atoms with van der Waals surface area (Å²) in [6, 6.07) is 2.23. The first-order valence-corrected chi connectivity index (χ1v) is 6.81. The summed E-state index contributed by atoms with van der Waals surface area (Å²) in [4.78, 5) is 5.41. The molecule has 0 bridgehead atoms. The summed E-state index contributed by atoms with van der Waals surface area (Å²) >= 11 is 1.64. The molecule has 1 aliphatic rings. The van der Waals surface area contributed by atoms with Crippen molar-refractivity contribution in [1.82, 2.24) is 14.6 Å². The number of fused-ring (bicyclic) bond motifs is 1. The summed E-state index contributed by atoms with van der Waals surface area (Å²) in [6.45, 7) is 4.11. The SMILES string of the molecule is CC(C)c1nc2sc(C3CCC3)nn2c1C#N. The number of hydrogen-bond acceptors (Lipinski definition) is 4. The molecule has 1 saturated carbocycles. The molecule has 0 unspecified atom stereocenters. The zero-order valence-corrected chi connectivity index (χ0v) is 10.8. The fourth-order valence-electron chi connectivity index (χ4n) is 2.11. The minimum atomic E-state index is 0.269. The summed E-state index contributed by atoms with van der Waals surface area (Å²) in [5, 5.41) is 14.9. The summed E-state index contributed by atoms with van der Waals surface area (Å²) in [5.41, 5.74) is 1.48. The van der Waals surface area contributed by atoms with Crippen molar-refractivity contribution in [3.05, 3.63) is 16.4 Å². The maximum atomic E-state index is 9.23. The summed E-state index contributed by atoms with van der Waals surface area (Å²) in [6.07, 6.45) is 3.76. The molecule has 0 amide bonds. The third-order valence-electron chi connectivity index (χ3n) is 3.35. The molecule has 0 aliphatic heterocycles. The van der Waals surface area contributed by atoms with Gasteiger partial charge in [-0.25, -0.2) is 4.98 Å². The normalized spacial score (nSPS) is 16.4.